The van der Waals surface area contributed by atoms with E-state index >= 15 is 0 Å². The van der Waals surface area contributed by atoms with Gasteiger partial charge in [0.1, 0.15) is 16.7 Å². The molecule has 2 aromatic rings. The molecule has 0 fully saturated rings. The van der Waals surface area contributed by atoms with Gasteiger partial charge in [-0.25, -0.2) is 9.98 Å². The number of nitrogens with one attached hydrogen (secondary N) is 2. The first-order valence-corrected chi connectivity index (χ1v) is 10.4. The number of hydrogen-bond acceptors (Lipinski definition) is 5. The topological polar surface area (TPSA) is 80.0 Å². The summed E-state index contributed by atoms with van der Waals surface area (Å²) >= 11 is 1.70. The van der Waals surface area contributed by atoms with Gasteiger partial charge in [0.25, 0.3) is 0 Å². The fourth-order valence-electron chi connectivity index (χ4n) is 3.15. The third kappa shape index (κ3) is 5.27. The van der Waals surface area contributed by atoms with Gasteiger partial charge in [-0.2, -0.15) is 0 Å². The number of nitrogens with zero attached hydrogens (tertiary/aromatic N) is 5. The summed E-state index contributed by atoms with van der Waals surface area (Å²) in [6.45, 7) is 7.55. The minimum atomic E-state index is 0.617. The molecule has 2 N–H and O–H groups in total. The van der Waals surface area contributed by atoms with Crippen molar-refractivity contribution < 1.29 is 0 Å². The van der Waals surface area contributed by atoms with Crippen LogP contribution in [-0.2, 0) is 25.9 Å². The van der Waals surface area contributed by atoms with Gasteiger partial charge in [0.05, 0.1) is 6.54 Å². The molecule has 0 unspecified atom stereocenters. The maximum Gasteiger partial charge on any atom is 0.191 e. The van der Waals surface area contributed by atoms with Crippen LogP contribution in [0.3, 0.4) is 0 Å². The van der Waals surface area contributed by atoms with E-state index in [2.05, 4.69) is 49.2 Å². The van der Waals surface area contributed by atoms with Crippen molar-refractivity contribution in [3.05, 3.63) is 27.7 Å². The van der Waals surface area contributed by atoms with Gasteiger partial charge < -0.3 is 15.2 Å². The van der Waals surface area contributed by atoms with Gasteiger partial charge in [0.15, 0.2) is 5.96 Å². The zero-order valence-corrected chi connectivity index (χ0v) is 16.6. The molecular formula is C18H29N7S. The molecule has 0 radical (unpaired) electrons. The number of aliphatic imine (C=N–C) groups is 1. The van der Waals surface area contributed by atoms with E-state index < -0.39 is 0 Å². The summed E-state index contributed by atoms with van der Waals surface area (Å²) in [4.78, 5) is 10.2. The number of aryl methyl sites for hydroxylation is 3. The van der Waals surface area contributed by atoms with E-state index in [0.29, 0.717) is 6.54 Å². The summed E-state index contributed by atoms with van der Waals surface area (Å²) in [5.41, 5.74) is 0. The first-order chi connectivity index (χ1) is 12.8. The van der Waals surface area contributed by atoms with E-state index in [0.717, 1.165) is 55.7 Å². The summed E-state index contributed by atoms with van der Waals surface area (Å²) in [7, 11) is 0. The highest BCUT2D eigenvalue weighted by atomic mass is 32.1. The first kappa shape index (κ1) is 18.8. The Kier molecular flexibility index (Phi) is 6.99. The zero-order chi connectivity index (χ0) is 18.2. The Labute approximate surface area is 159 Å². The number of thiazole rings is 1. The molecule has 0 aromatic carbocycles. The molecule has 1 aliphatic heterocycles. The summed E-state index contributed by atoms with van der Waals surface area (Å²) in [5.74, 6) is 3.14. The summed E-state index contributed by atoms with van der Waals surface area (Å²) in [6, 6.07) is 0. The second-order valence-electron chi connectivity index (χ2n) is 6.58. The predicted molar refractivity (Wildman–Crippen MR) is 106 cm³/mol. The van der Waals surface area contributed by atoms with E-state index in [-0.39, 0.29) is 0 Å². The molecule has 0 amide bonds. The van der Waals surface area contributed by atoms with Crippen molar-refractivity contribution in [3.8, 4) is 0 Å². The molecule has 0 bridgehead atoms. The van der Waals surface area contributed by atoms with Crippen LogP contribution in [0.2, 0.25) is 0 Å². The van der Waals surface area contributed by atoms with Gasteiger partial charge in [-0.15, -0.1) is 21.5 Å². The first-order valence-electron chi connectivity index (χ1n) is 9.60. The molecule has 7 nitrogen and oxygen atoms in total. The Morgan fingerprint density at radius 2 is 2.19 bits per heavy atom. The lowest BCUT2D eigenvalue weighted by molar-refractivity contribution is 0.594. The number of aromatic nitrogens is 4. The maximum absolute atomic E-state index is 4.62. The molecule has 142 valence electrons. The molecular weight excluding hydrogens is 346 g/mol. The van der Waals surface area contributed by atoms with Gasteiger partial charge in [-0.05, 0) is 33.1 Å². The van der Waals surface area contributed by atoms with Crippen molar-refractivity contribution in [3.63, 3.8) is 0 Å². The SMILES string of the molecule is CCNC(=NCc1ncc(C)s1)NCCCc1nnc2n1CCCCC2. The minimum Gasteiger partial charge on any atom is -0.357 e. The largest absolute Gasteiger partial charge is 0.357 e. The number of rotatable bonds is 7. The average Bonchev–Trinajstić information content (AvgIpc) is 3.14. The quantitative estimate of drug-likeness (QED) is 0.441. The Hall–Kier alpha value is -1.96. The molecule has 26 heavy (non-hydrogen) atoms. The van der Waals surface area contributed by atoms with Gasteiger partial charge in [-0.1, -0.05) is 6.42 Å². The minimum absolute atomic E-state index is 0.617. The highest BCUT2D eigenvalue weighted by molar-refractivity contribution is 7.11. The second-order valence-corrected chi connectivity index (χ2v) is 7.90. The highest BCUT2D eigenvalue weighted by Crippen LogP contribution is 2.15. The van der Waals surface area contributed by atoms with Crippen molar-refractivity contribution in [1.29, 1.82) is 0 Å². The predicted octanol–water partition coefficient (Wildman–Crippen LogP) is 2.46. The monoisotopic (exact) mass is 375 g/mol. The number of guanidine groups is 1. The van der Waals surface area contributed by atoms with Crippen LogP contribution in [0.1, 0.15) is 54.1 Å². The lowest BCUT2D eigenvalue weighted by Gasteiger charge is -2.11. The molecule has 0 saturated carbocycles. The molecule has 2 aromatic heterocycles. The third-order valence-electron chi connectivity index (χ3n) is 4.44. The number of fused-ring (bicyclic) bond motifs is 1. The van der Waals surface area contributed by atoms with Crippen molar-refractivity contribution >= 4 is 17.3 Å². The third-order valence-corrected chi connectivity index (χ3v) is 5.34. The normalized spacial score (nSPS) is 14.8. The standard InChI is InChI=1S/C18H29N7S/c1-3-19-18(22-13-17-21-12-14(2)26-17)20-10-7-9-16-24-23-15-8-5-4-6-11-25(15)16/h12H,3-11,13H2,1-2H3,(H2,19,20,22). The molecule has 1 aliphatic rings. The number of hydrogen-bond donors (Lipinski definition) is 2. The van der Waals surface area contributed by atoms with Gasteiger partial charge in [0, 0.05) is 43.5 Å². The molecule has 0 spiro atoms. The lowest BCUT2D eigenvalue weighted by atomic mass is 10.2. The Bertz CT molecular complexity index is 719. The zero-order valence-electron chi connectivity index (χ0n) is 15.8. The van der Waals surface area contributed by atoms with Crippen LogP contribution >= 0.6 is 11.3 Å². The fraction of sp³-hybridized carbons (Fsp3) is 0.667. The van der Waals surface area contributed by atoms with Crippen LogP contribution in [0.5, 0.6) is 0 Å². The molecule has 0 aliphatic carbocycles. The van der Waals surface area contributed by atoms with Crippen molar-refractivity contribution in [1.82, 2.24) is 30.4 Å². The maximum atomic E-state index is 4.62. The molecule has 8 heteroatoms. The van der Waals surface area contributed by atoms with Gasteiger partial charge in [0.2, 0.25) is 0 Å². The molecule has 0 atom stereocenters. The van der Waals surface area contributed by atoms with Crippen LogP contribution in [0, 0.1) is 6.92 Å². The summed E-state index contributed by atoms with van der Waals surface area (Å²) in [6.07, 6.45) is 8.70. The average molecular weight is 376 g/mol. The van der Waals surface area contributed by atoms with Crippen molar-refractivity contribution in [2.45, 2.75) is 65.5 Å². The van der Waals surface area contributed by atoms with Crippen LogP contribution in [0.25, 0.3) is 0 Å². The Balaban J connectivity index is 1.47. The van der Waals surface area contributed by atoms with Crippen LogP contribution in [-0.4, -0.2) is 38.8 Å². The molecule has 3 heterocycles. The van der Waals surface area contributed by atoms with Gasteiger partial charge >= 0.3 is 0 Å². The lowest BCUT2D eigenvalue weighted by Crippen LogP contribution is -2.37. The fourth-order valence-corrected chi connectivity index (χ4v) is 3.86. The van der Waals surface area contributed by atoms with E-state index in [9.17, 15) is 0 Å². The van der Waals surface area contributed by atoms with Crippen LogP contribution < -0.4 is 10.6 Å². The Morgan fingerprint density at radius 1 is 1.27 bits per heavy atom. The van der Waals surface area contributed by atoms with E-state index in [1.807, 2.05) is 6.20 Å². The Morgan fingerprint density at radius 3 is 3.00 bits per heavy atom. The van der Waals surface area contributed by atoms with Crippen LogP contribution in [0.15, 0.2) is 11.2 Å². The second kappa shape index (κ2) is 9.66. The van der Waals surface area contributed by atoms with E-state index in [4.69, 9.17) is 0 Å². The highest BCUT2D eigenvalue weighted by Gasteiger charge is 2.14. The van der Waals surface area contributed by atoms with Crippen molar-refractivity contribution in [2.75, 3.05) is 13.1 Å². The van der Waals surface area contributed by atoms with Crippen molar-refractivity contribution in [2.24, 2.45) is 4.99 Å². The molecule has 3 rings (SSSR count). The van der Waals surface area contributed by atoms with E-state index in [1.165, 1.54) is 30.0 Å². The van der Waals surface area contributed by atoms with E-state index in [1.54, 1.807) is 11.3 Å². The smallest absolute Gasteiger partial charge is 0.191 e. The summed E-state index contributed by atoms with van der Waals surface area (Å²) < 4.78 is 2.33. The molecule has 0 saturated heterocycles. The van der Waals surface area contributed by atoms with Crippen LogP contribution in [0.4, 0.5) is 0 Å². The van der Waals surface area contributed by atoms with Gasteiger partial charge in [-0.3, -0.25) is 0 Å². The summed E-state index contributed by atoms with van der Waals surface area (Å²) in [5, 5.41) is 16.5.